The minimum Gasteiger partial charge on any atom is -0.375 e. The van der Waals surface area contributed by atoms with Crippen molar-refractivity contribution < 1.29 is 63.8 Å². The fraction of sp³-hybridized carbons (Fsp3) is 0.122. The van der Waals surface area contributed by atoms with Crippen LogP contribution in [0.1, 0.15) is 52.0 Å². The molecular weight excluding hydrogens is 1350 g/mol. The molecule has 0 aliphatic rings. The van der Waals surface area contributed by atoms with E-state index >= 15 is 0 Å². The second-order valence-electron chi connectivity index (χ2n) is 22.8. The van der Waals surface area contributed by atoms with Gasteiger partial charge in [-0.05, 0) is 140 Å². The summed E-state index contributed by atoms with van der Waals surface area (Å²) >= 11 is 0. The van der Waals surface area contributed by atoms with Crippen LogP contribution in [0, 0.1) is 46.5 Å². The Kier molecular flexibility index (Phi) is 25.6. The fourth-order valence-electron chi connectivity index (χ4n) is 9.67. The molecule has 0 radical (unpaired) electrons. The topological polar surface area (TPSA) is 285 Å². The molecule has 10 N–H and O–H groups in total. The fourth-order valence-corrected chi connectivity index (χ4v) is 9.67. The van der Waals surface area contributed by atoms with Crippen LogP contribution in [0.5, 0.6) is 0 Å². The highest BCUT2D eigenvalue weighted by molar-refractivity contribution is 6.01. The van der Waals surface area contributed by atoms with E-state index in [4.69, 9.17) is 4.74 Å². The van der Waals surface area contributed by atoms with E-state index in [9.17, 15) is 59.1 Å². The number of H-pyrrole nitrogens is 4. The molecule has 0 aliphatic heterocycles. The Morgan fingerprint density at radius 2 is 0.670 bits per heavy atom. The Hall–Kier alpha value is -12.7. The highest BCUT2D eigenvalue weighted by Crippen LogP contribution is 2.30. The first-order valence-electron chi connectivity index (χ1n) is 31.1. The van der Waals surface area contributed by atoms with Crippen molar-refractivity contribution in [3.05, 3.63) is 237 Å². The SMILES string of the molecule is CC(=O)NCC(=O)Nc1cc2c(/C=C/c3ccc(F)cc3)n[nH]c2cc1F.CN(C)CC(=O)Nc1cc2c(/C=C/c3ccc(F)cc3)n[nH]c2cc1F.CNCC(=O)Nc1cc2c(/C=C/c3ccc(F)cc3)n[nH]c2cc1F.COCC(=O)Nc1cc2c(/C=C/c3ccc(F)cc3)n[nH]c2cc1F. The summed E-state index contributed by atoms with van der Waals surface area (Å²) in [6.45, 7) is 1.10. The summed E-state index contributed by atoms with van der Waals surface area (Å²) in [5.41, 5.74) is 7.69. The Morgan fingerprint density at radius 1 is 0.398 bits per heavy atom. The van der Waals surface area contributed by atoms with Gasteiger partial charge in [-0.3, -0.25) is 44.4 Å². The third kappa shape index (κ3) is 21.4. The summed E-state index contributed by atoms with van der Waals surface area (Å²) in [6, 6.07) is 35.1. The van der Waals surface area contributed by atoms with Crippen molar-refractivity contribution in [1.82, 2.24) is 56.3 Å². The number of aromatic amines is 4. The molecule has 0 atom stereocenters. The number of rotatable bonds is 20. The van der Waals surface area contributed by atoms with Gasteiger partial charge in [0.1, 0.15) is 53.1 Å². The minimum absolute atomic E-state index is 0.0179. The van der Waals surface area contributed by atoms with Crippen LogP contribution in [-0.2, 0) is 28.7 Å². The van der Waals surface area contributed by atoms with Crippen LogP contribution in [0.25, 0.3) is 92.2 Å². The molecule has 0 bridgehead atoms. The number of benzene rings is 8. The number of fused-ring (bicyclic) bond motifs is 4. The van der Waals surface area contributed by atoms with Crippen molar-refractivity contribution in [2.75, 3.05) is 75.8 Å². The van der Waals surface area contributed by atoms with E-state index < -0.39 is 35.1 Å². The summed E-state index contributed by atoms with van der Waals surface area (Å²) in [6.07, 6.45) is 14.0. The van der Waals surface area contributed by atoms with Crippen molar-refractivity contribution in [2.24, 2.45) is 0 Å². The summed E-state index contributed by atoms with van der Waals surface area (Å²) in [7, 11) is 6.53. The average Bonchev–Trinajstić information content (AvgIpc) is 1.71. The maximum Gasteiger partial charge on any atom is 0.250 e. The second kappa shape index (κ2) is 35.4. The van der Waals surface area contributed by atoms with Crippen molar-refractivity contribution in [1.29, 1.82) is 0 Å². The highest BCUT2D eigenvalue weighted by atomic mass is 19.2. The van der Waals surface area contributed by atoms with E-state index in [1.165, 1.54) is 105 Å². The molecular formula is C74H65F8N15O6. The minimum atomic E-state index is -0.628. The summed E-state index contributed by atoms with van der Waals surface area (Å²) in [5, 5.41) is 45.1. The summed E-state index contributed by atoms with van der Waals surface area (Å²) in [4.78, 5) is 59.5. The Labute approximate surface area is 582 Å². The molecule has 0 saturated heterocycles. The van der Waals surface area contributed by atoms with E-state index in [1.54, 1.807) is 129 Å². The quantitative estimate of drug-likeness (QED) is 0.0319. The lowest BCUT2D eigenvalue weighted by Crippen LogP contribution is -2.31. The number of ether oxygens (including phenoxy) is 1. The van der Waals surface area contributed by atoms with Gasteiger partial charge in [0.2, 0.25) is 29.5 Å². The van der Waals surface area contributed by atoms with Crippen LogP contribution >= 0.6 is 0 Å². The lowest BCUT2D eigenvalue weighted by atomic mass is 10.1. The zero-order valence-corrected chi connectivity index (χ0v) is 55.5. The number of hydrogen-bond donors (Lipinski definition) is 10. The molecule has 5 amide bonds. The average molecular weight is 1410 g/mol. The van der Waals surface area contributed by atoms with Gasteiger partial charge in [-0.15, -0.1) is 0 Å². The normalized spacial score (nSPS) is 11.3. The first-order chi connectivity index (χ1) is 49.5. The molecule has 0 aliphatic carbocycles. The van der Waals surface area contributed by atoms with Gasteiger partial charge in [0.15, 0.2) is 0 Å². The van der Waals surface area contributed by atoms with Crippen molar-refractivity contribution in [3.8, 4) is 0 Å². The van der Waals surface area contributed by atoms with Crippen LogP contribution in [-0.4, -0.2) is 130 Å². The van der Waals surface area contributed by atoms with Crippen LogP contribution in [0.3, 0.4) is 0 Å². The number of anilines is 4. The standard InChI is InChI=1S/C19H16F2N4O2.C19H18F2N4O.C18H16F2N4O.C18H15F2N3O2/c1-11(26)22-10-19(27)23-18-8-14-16(24-25-17(14)9-15(18)21)7-4-12-2-5-13(20)6-3-12;1-25(2)11-19(26)22-18-9-14-16(23-24-17(14)10-15(18)21)8-5-12-3-6-13(20)7-4-12;1-21-10-18(25)22-17-8-13-15(23-24-16(13)9-14(17)20)7-4-11-2-5-12(19)6-3-11;1-25-10-18(24)21-17-8-13-15(22-23-16(13)9-14(17)20)7-4-11-2-5-12(19)6-3-11/h2-9H,10H2,1H3,(H,22,26)(H,23,27)(H,24,25);3-10H,11H2,1-2H3,(H,22,26)(H,23,24);2-9,21H,10H2,1H3,(H,22,25)(H,23,24);2-9H,10H2,1H3,(H,21,24)(H,22,23)/b7-4+;8-5+;2*7-4+. The van der Waals surface area contributed by atoms with Gasteiger partial charge in [-0.25, -0.2) is 35.1 Å². The molecule has 0 saturated carbocycles. The molecule has 4 aromatic heterocycles. The number of nitrogens with one attached hydrogen (secondary N) is 10. The maximum absolute atomic E-state index is 14.2. The van der Waals surface area contributed by atoms with E-state index in [0.717, 1.165) is 22.3 Å². The number of halogens is 8. The van der Waals surface area contributed by atoms with Gasteiger partial charge in [0.25, 0.3) is 0 Å². The first-order valence-corrected chi connectivity index (χ1v) is 31.1. The largest absolute Gasteiger partial charge is 0.375 e. The van der Waals surface area contributed by atoms with E-state index in [-0.39, 0.29) is 90.0 Å². The van der Waals surface area contributed by atoms with Gasteiger partial charge in [0, 0.05) is 59.8 Å². The van der Waals surface area contributed by atoms with E-state index in [1.807, 2.05) is 0 Å². The Bertz CT molecular complexity index is 4970. The lowest BCUT2D eigenvalue weighted by Gasteiger charge is -2.10. The second-order valence-corrected chi connectivity index (χ2v) is 22.8. The number of carbonyl (C=O) groups excluding carboxylic acids is 5. The monoisotopic (exact) mass is 1410 g/mol. The number of aromatic nitrogens is 8. The maximum atomic E-state index is 14.2. The molecule has 0 fully saturated rings. The number of methoxy groups -OCH3 is 1. The molecule has 528 valence electrons. The molecule has 8 aromatic carbocycles. The number of likely N-dealkylation sites (N-methyl/N-ethyl adjacent to an activating group) is 2. The molecule has 4 heterocycles. The Morgan fingerprint density at radius 3 is 0.932 bits per heavy atom. The van der Waals surface area contributed by atoms with Gasteiger partial charge < -0.3 is 41.5 Å². The van der Waals surface area contributed by atoms with Crippen LogP contribution < -0.4 is 31.9 Å². The number of nitrogens with zero attached hydrogens (tertiary/aromatic N) is 5. The Balaban J connectivity index is 0.000000160. The van der Waals surface area contributed by atoms with Crippen molar-refractivity contribution in [2.45, 2.75) is 6.92 Å². The molecule has 29 heteroatoms. The van der Waals surface area contributed by atoms with Gasteiger partial charge >= 0.3 is 0 Å². The predicted molar refractivity (Wildman–Crippen MR) is 383 cm³/mol. The number of amides is 5. The third-order valence-electron chi connectivity index (χ3n) is 14.6. The van der Waals surface area contributed by atoms with Crippen LogP contribution in [0.4, 0.5) is 57.9 Å². The third-order valence-corrected chi connectivity index (χ3v) is 14.6. The van der Waals surface area contributed by atoms with Gasteiger partial charge in [-0.2, -0.15) is 20.4 Å². The molecule has 0 unspecified atom stereocenters. The molecule has 0 spiro atoms. The summed E-state index contributed by atoms with van der Waals surface area (Å²) < 4.78 is 113. The zero-order chi connectivity index (χ0) is 73.7. The van der Waals surface area contributed by atoms with Gasteiger partial charge in [-0.1, -0.05) is 72.8 Å². The van der Waals surface area contributed by atoms with Crippen molar-refractivity contribution >= 4 is 145 Å². The highest BCUT2D eigenvalue weighted by Gasteiger charge is 2.17. The number of hydrogen-bond acceptors (Lipinski definition) is 12. The van der Waals surface area contributed by atoms with Crippen LogP contribution in [0.2, 0.25) is 0 Å². The molecule has 12 aromatic rings. The smallest absolute Gasteiger partial charge is 0.250 e. The van der Waals surface area contributed by atoms with E-state index in [2.05, 4.69) is 72.7 Å². The van der Waals surface area contributed by atoms with Crippen molar-refractivity contribution in [3.63, 3.8) is 0 Å². The van der Waals surface area contributed by atoms with Crippen LogP contribution in [0.15, 0.2) is 146 Å². The zero-order valence-electron chi connectivity index (χ0n) is 55.5. The summed E-state index contributed by atoms with van der Waals surface area (Å²) in [5.74, 6) is -5.54. The lowest BCUT2D eigenvalue weighted by molar-refractivity contribution is -0.122. The van der Waals surface area contributed by atoms with E-state index in [0.29, 0.717) is 66.4 Å². The molecule has 103 heavy (non-hydrogen) atoms. The molecule has 12 rings (SSSR count). The first kappa shape index (κ1) is 74.5. The predicted octanol–water partition coefficient (Wildman–Crippen LogP) is 13.4. The van der Waals surface area contributed by atoms with Gasteiger partial charge in [0.05, 0.1) is 87.2 Å². The molecule has 21 nitrogen and oxygen atoms in total. The number of carbonyl (C=O) groups is 5.